The van der Waals surface area contributed by atoms with Crippen molar-refractivity contribution in [2.24, 2.45) is 5.92 Å². The molecule has 0 spiro atoms. The van der Waals surface area contributed by atoms with Crippen molar-refractivity contribution in [2.45, 2.75) is 17.7 Å². The molecule has 1 aromatic carbocycles. The molecule has 25 heavy (non-hydrogen) atoms. The Bertz CT molecular complexity index is 954. The number of benzene rings is 1. The number of nitrogens with zero attached hydrogens (tertiary/aromatic N) is 2. The molecule has 128 valence electrons. The number of rotatable bonds is 4. The average molecular weight is 377 g/mol. The second-order valence-corrected chi connectivity index (χ2v) is 7.67. The number of aryl methyl sites for hydroxylation is 1. The number of fused-ring (bicyclic) bond motifs is 1. The first-order chi connectivity index (χ1) is 12.0. The Morgan fingerprint density at radius 1 is 1.36 bits per heavy atom. The molecule has 0 amide bonds. The van der Waals surface area contributed by atoms with E-state index in [0.29, 0.717) is 34.5 Å². The number of carbonyl (C=O) groups is 1. The zero-order valence-corrected chi connectivity index (χ0v) is 14.8. The zero-order chi connectivity index (χ0) is 17.6. The maximum Gasteiger partial charge on any atom is 0.339 e. The van der Waals surface area contributed by atoms with Crippen molar-refractivity contribution in [2.75, 3.05) is 6.61 Å². The summed E-state index contributed by atoms with van der Waals surface area (Å²) < 4.78 is 9.89. The largest absolute Gasteiger partial charge is 0.462 e. The van der Waals surface area contributed by atoms with E-state index in [-0.39, 0.29) is 12.5 Å². The number of hydrogen-bond donors (Lipinski definition) is 0. The fourth-order valence-corrected chi connectivity index (χ4v) is 3.22. The minimum Gasteiger partial charge on any atom is -0.462 e. The molecule has 1 saturated carbocycles. The molecule has 2 heterocycles. The molecule has 0 saturated heterocycles. The standard InChI is InChI=1S/C18H14Cl2N2O3/c1-10-15-13(17(23)24-9-12-8-18(12,19)20)7-14(21-16(15)25-22-10)11-5-3-2-4-6-11/h2-7,12H,8-9H2,1H3. The topological polar surface area (TPSA) is 65.2 Å². The highest BCUT2D eigenvalue weighted by atomic mass is 35.5. The van der Waals surface area contributed by atoms with Crippen LogP contribution in [0.25, 0.3) is 22.4 Å². The highest BCUT2D eigenvalue weighted by molar-refractivity contribution is 6.50. The van der Waals surface area contributed by atoms with Crippen molar-refractivity contribution in [3.05, 3.63) is 47.7 Å². The maximum atomic E-state index is 12.6. The van der Waals surface area contributed by atoms with Gasteiger partial charge in [0.05, 0.1) is 28.9 Å². The van der Waals surface area contributed by atoms with Crippen molar-refractivity contribution in [3.63, 3.8) is 0 Å². The van der Waals surface area contributed by atoms with E-state index in [9.17, 15) is 4.79 Å². The molecular weight excluding hydrogens is 363 g/mol. The Hall–Kier alpha value is -2.11. The van der Waals surface area contributed by atoms with Crippen LogP contribution in [-0.4, -0.2) is 27.1 Å². The molecule has 1 aliphatic carbocycles. The average Bonchev–Trinajstić information content (AvgIpc) is 3.05. The van der Waals surface area contributed by atoms with Gasteiger partial charge in [-0.05, 0) is 19.4 Å². The third kappa shape index (κ3) is 3.10. The normalized spacial score (nSPS) is 18.3. The molecule has 0 N–H and O–H groups in total. The third-order valence-corrected chi connectivity index (χ3v) is 5.20. The number of aromatic nitrogens is 2. The second-order valence-electron chi connectivity index (χ2n) is 6.13. The quantitative estimate of drug-likeness (QED) is 0.493. The van der Waals surface area contributed by atoms with Gasteiger partial charge in [-0.3, -0.25) is 0 Å². The molecule has 1 fully saturated rings. The van der Waals surface area contributed by atoms with Gasteiger partial charge in [0, 0.05) is 11.5 Å². The van der Waals surface area contributed by atoms with Gasteiger partial charge in [-0.15, -0.1) is 23.2 Å². The van der Waals surface area contributed by atoms with E-state index in [1.807, 2.05) is 30.3 Å². The van der Waals surface area contributed by atoms with Gasteiger partial charge in [-0.2, -0.15) is 0 Å². The van der Waals surface area contributed by atoms with Gasteiger partial charge in [0.15, 0.2) is 0 Å². The molecule has 0 bridgehead atoms. The van der Waals surface area contributed by atoms with Crippen LogP contribution in [0.3, 0.4) is 0 Å². The maximum absolute atomic E-state index is 12.6. The molecule has 1 atom stereocenters. The molecule has 4 rings (SSSR count). The summed E-state index contributed by atoms with van der Waals surface area (Å²) >= 11 is 12.0. The van der Waals surface area contributed by atoms with Crippen LogP contribution in [0.5, 0.6) is 0 Å². The molecule has 5 nitrogen and oxygen atoms in total. The SMILES string of the molecule is Cc1noc2nc(-c3ccccc3)cc(C(=O)OCC3CC3(Cl)Cl)c12. The predicted octanol–water partition coefficient (Wildman–Crippen LogP) is 4.55. The van der Waals surface area contributed by atoms with Crippen molar-refractivity contribution in [1.82, 2.24) is 10.1 Å². The van der Waals surface area contributed by atoms with Crippen LogP contribution in [0.15, 0.2) is 40.9 Å². The number of hydrogen-bond acceptors (Lipinski definition) is 5. The second kappa shape index (κ2) is 6.00. The van der Waals surface area contributed by atoms with Crippen molar-refractivity contribution >= 4 is 40.3 Å². The van der Waals surface area contributed by atoms with E-state index in [1.165, 1.54) is 0 Å². The fraction of sp³-hybridized carbons (Fsp3) is 0.278. The Labute approximate surface area is 153 Å². The van der Waals surface area contributed by atoms with Gasteiger partial charge in [0.25, 0.3) is 5.71 Å². The van der Waals surface area contributed by atoms with E-state index in [0.717, 1.165) is 5.56 Å². The highest BCUT2D eigenvalue weighted by Crippen LogP contribution is 2.53. The Morgan fingerprint density at radius 2 is 2.08 bits per heavy atom. The predicted molar refractivity (Wildman–Crippen MR) is 94.8 cm³/mol. The van der Waals surface area contributed by atoms with E-state index < -0.39 is 10.3 Å². The van der Waals surface area contributed by atoms with Crippen LogP contribution in [-0.2, 0) is 4.74 Å². The highest BCUT2D eigenvalue weighted by Gasteiger charge is 2.52. The molecule has 1 aliphatic rings. The number of halogens is 2. The van der Waals surface area contributed by atoms with Crippen LogP contribution in [0, 0.1) is 12.8 Å². The van der Waals surface area contributed by atoms with Crippen LogP contribution >= 0.6 is 23.2 Å². The van der Waals surface area contributed by atoms with Gasteiger partial charge in [0.1, 0.15) is 4.33 Å². The zero-order valence-electron chi connectivity index (χ0n) is 13.3. The summed E-state index contributed by atoms with van der Waals surface area (Å²) in [4.78, 5) is 17.1. The summed E-state index contributed by atoms with van der Waals surface area (Å²) in [7, 11) is 0. The first kappa shape index (κ1) is 16.4. The van der Waals surface area contributed by atoms with Gasteiger partial charge in [-0.1, -0.05) is 35.5 Å². The minimum absolute atomic E-state index is 0.0331. The molecule has 3 aromatic rings. The van der Waals surface area contributed by atoms with Crippen molar-refractivity contribution < 1.29 is 14.1 Å². The van der Waals surface area contributed by atoms with Gasteiger partial charge >= 0.3 is 5.97 Å². The van der Waals surface area contributed by atoms with E-state index in [2.05, 4.69) is 10.1 Å². The molecule has 2 aromatic heterocycles. The molecule has 7 heteroatoms. The van der Waals surface area contributed by atoms with Gasteiger partial charge in [0.2, 0.25) is 0 Å². The monoisotopic (exact) mass is 376 g/mol. The first-order valence-corrected chi connectivity index (χ1v) is 8.59. The lowest BCUT2D eigenvalue weighted by Crippen LogP contribution is -2.11. The van der Waals surface area contributed by atoms with Crippen LogP contribution in [0.1, 0.15) is 22.5 Å². The van der Waals surface area contributed by atoms with Crippen LogP contribution < -0.4 is 0 Å². The lowest BCUT2D eigenvalue weighted by molar-refractivity contribution is 0.0487. The van der Waals surface area contributed by atoms with Gasteiger partial charge in [-0.25, -0.2) is 9.78 Å². The Kier molecular flexibility index (Phi) is 3.93. The smallest absolute Gasteiger partial charge is 0.339 e. The summed E-state index contributed by atoms with van der Waals surface area (Å²) in [6, 6.07) is 11.2. The van der Waals surface area contributed by atoms with Crippen LogP contribution in [0.4, 0.5) is 0 Å². The number of esters is 1. The van der Waals surface area contributed by atoms with Crippen molar-refractivity contribution in [1.29, 1.82) is 0 Å². The lowest BCUT2D eigenvalue weighted by Gasteiger charge is -2.08. The fourth-order valence-electron chi connectivity index (χ4n) is 2.72. The molecule has 0 aliphatic heterocycles. The lowest BCUT2D eigenvalue weighted by atomic mass is 10.1. The van der Waals surface area contributed by atoms with E-state index >= 15 is 0 Å². The Balaban J connectivity index is 1.71. The minimum atomic E-state index is -0.782. The summed E-state index contributed by atoms with van der Waals surface area (Å²) in [5, 5.41) is 4.48. The number of alkyl halides is 2. The summed E-state index contributed by atoms with van der Waals surface area (Å²) in [5.74, 6) is -0.499. The van der Waals surface area contributed by atoms with Crippen molar-refractivity contribution in [3.8, 4) is 11.3 Å². The van der Waals surface area contributed by atoms with E-state index in [4.69, 9.17) is 32.5 Å². The summed E-state index contributed by atoms with van der Waals surface area (Å²) in [6.45, 7) is 1.94. The number of ether oxygens (including phenoxy) is 1. The summed E-state index contributed by atoms with van der Waals surface area (Å²) in [6.07, 6.45) is 0.622. The molecule has 1 unspecified atom stereocenters. The number of carbonyl (C=O) groups excluding carboxylic acids is 1. The van der Waals surface area contributed by atoms with E-state index in [1.54, 1.807) is 13.0 Å². The first-order valence-electron chi connectivity index (χ1n) is 7.83. The molecular formula is C18H14Cl2N2O3. The van der Waals surface area contributed by atoms with Gasteiger partial charge < -0.3 is 9.26 Å². The Morgan fingerprint density at radius 3 is 2.76 bits per heavy atom. The number of pyridine rings is 1. The molecule has 0 radical (unpaired) electrons. The summed E-state index contributed by atoms with van der Waals surface area (Å²) in [5.41, 5.74) is 2.76. The third-order valence-electron chi connectivity index (χ3n) is 4.28. The van der Waals surface area contributed by atoms with Crippen LogP contribution in [0.2, 0.25) is 0 Å².